The summed E-state index contributed by atoms with van der Waals surface area (Å²) in [7, 11) is 0. The average molecular weight is 722 g/mol. The zero-order valence-electron chi connectivity index (χ0n) is 26.6. The molecule has 1 atom stereocenters. The van der Waals surface area contributed by atoms with Gasteiger partial charge in [0.25, 0.3) is 5.91 Å². The molecule has 5 nitrogen and oxygen atoms in total. The predicted octanol–water partition coefficient (Wildman–Crippen LogP) is 9.31. The fourth-order valence-corrected chi connectivity index (χ4v) is 3.89. The molecule has 0 bridgehead atoms. The van der Waals surface area contributed by atoms with Crippen molar-refractivity contribution in [2.75, 3.05) is 13.2 Å². The smallest absolute Gasteiger partial charge is 0.460 e. The Morgan fingerprint density at radius 3 is 2.24 bits per heavy atom. The number of rotatable bonds is 17. The lowest BCUT2D eigenvalue weighted by atomic mass is 9.82. The number of ether oxygens (including phenoxy) is 2. The molecule has 0 aliphatic heterocycles. The monoisotopic (exact) mass is 721 g/mol. The SMILES string of the molecule is C=C(OCC(C)(C)CO)/C(F)=C\C=C\[C@@](Cc1ccccc1)(NC(=O)c1ccc(F)c(C(F)(F)F)c1)C(=C)/C=C(F)\C=C\OC(F)(F)C(F)F. The standard InChI is InChI=1S/C35H33F10NO4/c1-22(17-26(36)14-16-50-35(44,45)31(39)40)33(19-24-9-6-5-7-10-24,15-8-11-28(37)23(2)49-21-32(3,4)20-47)46-30(48)25-12-13-29(38)27(18-25)34(41,42)43/h5-18,31,47H,1-2,19-21H2,3-4H3,(H,46,48)/b15-8+,16-14+,26-17+,28-11+/t33-/m0/s1. The number of allylic oxidation sites excluding steroid dienone is 5. The first-order valence-electron chi connectivity index (χ1n) is 14.4. The summed E-state index contributed by atoms with van der Waals surface area (Å²) in [5.74, 6) is -5.86. The van der Waals surface area contributed by atoms with Crippen LogP contribution in [-0.4, -0.2) is 42.3 Å². The van der Waals surface area contributed by atoms with Crippen molar-refractivity contribution in [3.8, 4) is 0 Å². The van der Waals surface area contributed by atoms with Crippen LogP contribution >= 0.6 is 0 Å². The third-order valence-electron chi connectivity index (χ3n) is 6.74. The van der Waals surface area contributed by atoms with Crippen LogP contribution in [0.3, 0.4) is 0 Å². The number of aliphatic hydroxyl groups is 1. The number of hydrogen-bond donors (Lipinski definition) is 2. The maximum absolute atomic E-state index is 15.0. The normalized spacial score (nSPS) is 14.6. The second-order valence-corrected chi connectivity index (χ2v) is 11.5. The Bertz CT molecular complexity index is 1630. The van der Waals surface area contributed by atoms with E-state index in [1.165, 1.54) is 12.1 Å². The number of halogens is 10. The molecule has 0 aromatic heterocycles. The number of aliphatic hydroxyl groups excluding tert-OH is 1. The number of carbonyl (C=O) groups is 1. The van der Waals surface area contributed by atoms with E-state index in [0.29, 0.717) is 17.7 Å². The summed E-state index contributed by atoms with van der Waals surface area (Å²) in [6.07, 6.45) is -11.1. The first-order chi connectivity index (χ1) is 23.1. The highest BCUT2D eigenvalue weighted by molar-refractivity contribution is 5.95. The molecule has 2 rings (SSSR count). The summed E-state index contributed by atoms with van der Waals surface area (Å²) in [6.45, 7) is 10.0. The quantitative estimate of drug-likeness (QED) is 0.0972. The molecule has 0 aliphatic rings. The van der Waals surface area contributed by atoms with Crippen molar-refractivity contribution in [1.29, 1.82) is 0 Å². The Balaban J connectivity index is 2.68. The van der Waals surface area contributed by atoms with Crippen molar-refractivity contribution in [2.24, 2.45) is 5.41 Å². The number of carbonyl (C=O) groups excluding carboxylic acids is 1. The molecule has 0 spiro atoms. The van der Waals surface area contributed by atoms with Crippen molar-refractivity contribution >= 4 is 5.91 Å². The van der Waals surface area contributed by atoms with E-state index in [9.17, 15) is 53.8 Å². The van der Waals surface area contributed by atoms with Crippen molar-refractivity contribution < 1.29 is 63.3 Å². The van der Waals surface area contributed by atoms with E-state index in [0.717, 1.165) is 24.3 Å². The molecule has 2 aromatic rings. The lowest BCUT2D eigenvalue weighted by Crippen LogP contribution is -2.50. The van der Waals surface area contributed by atoms with Crippen molar-refractivity contribution in [2.45, 2.75) is 44.5 Å². The number of nitrogens with one attached hydrogen (secondary N) is 1. The molecular weight excluding hydrogens is 688 g/mol. The first kappa shape index (κ1) is 41.4. The molecule has 0 saturated carbocycles. The van der Waals surface area contributed by atoms with E-state index in [-0.39, 0.29) is 38.0 Å². The summed E-state index contributed by atoms with van der Waals surface area (Å²) in [6, 6.07) is 9.22. The Labute approximate surface area is 281 Å². The number of amides is 1. The Kier molecular flexibility index (Phi) is 14.3. The van der Waals surface area contributed by atoms with Gasteiger partial charge in [0.15, 0.2) is 5.83 Å². The van der Waals surface area contributed by atoms with Gasteiger partial charge in [-0.1, -0.05) is 69.5 Å². The zero-order chi connectivity index (χ0) is 37.9. The summed E-state index contributed by atoms with van der Waals surface area (Å²) in [5.41, 5.74) is -5.29. The summed E-state index contributed by atoms with van der Waals surface area (Å²) in [4.78, 5) is 13.5. The molecule has 0 heterocycles. The van der Waals surface area contributed by atoms with Crippen LogP contribution in [0.4, 0.5) is 43.9 Å². The minimum absolute atomic E-state index is 0.0580. The van der Waals surface area contributed by atoms with Gasteiger partial charge in [-0.2, -0.15) is 30.7 Å². The van der Waals surface area contributed by atoms with E-state index in [1.54, 1.807) is 32.0 Å². The fraction of sp³-hybridized carbons (Fsp3) is 0.286. The average Bonchev–Trinajstić information content (AvgIpc) is 3.03. The Hall–Kier alpha value is -4.79. The van der Waals surface area contributed by atoms with Crippen LogP contribution < -0.4 is 5.32 Å². The van der Waals surface area contributed by atoms with Crippen molar-refractivity contribution in [1.82, 2.24) is 5.32 Å². The van der Waals surface area contributed by atoms with E-state index in [1.807, 2.05) is 0 Å². The van der Waals surface area contributed by atoms with Crippen LogP contribution in [0.15, 0.2) is 121 Å². The first-order valence-corrected chi connectivity index (χ1v) is 14.4. The van der Waals surface area contributed by atoms with Crippen LogP contribution in [-0.2, 0) is 22.1 Å². The number of benzene rings is 2. The molecule has 0 radical (unpaired) electrons. The highest BCUT2D eigenvalue weighted by atomic mass is 19.4. The summed E-state index contributed by atoms with van der Waals surface area (Å²) >= 11 is 0. The van der Waals surface area contributed by atoms with Gasteiger partial charge >= 0.3 is 18.7 Å². The van der Waals surface area contributed by atoms with Crippen molar-refractivity contribution in [3.63, 3.8) is 0 Å². The van der Waals surface area contributed by atoms with Gasteiger partial charge in [0, 0.05) is 23.5 Å². The van der Waals surface area contributed by atoms with Crippen LogP contribution in [0, 0.1) is 11.2 Å². The van der Waals surface area contributed by atoms with Gasteiger partial charge in [0.2, 0.25) is 0 Å². The fourth-order valence-electron chi connectivity index (χ4n) is 3.89. The van der Waals surface area contributed by atoms with E-state index in [2.05, 4.69) is 23.2 Å². The third-order valence-corrected chi connectivity index (χ3v) is 6.74. The minimum atomic E-state index is -5.19. The zero-order valence-corrected chi connectivity index (χ0v) is 26.6. The molecular formula is C35H33F10NO4. The molecule has 15 heteroatoms. The summed E-state index contributed by atoms with van der Waals surface area (Å²) < 4.78 is 144. The maximum Gasteiger partial charge on any atom is 0.460 e. The highest BCUT2D eigenvalue weighted by Gasteiger charge is 2.43. The maximum atomic E-state index is 15.0. The van der Waals surface area contributed by atoms with Crippen LogP contribution in [0.25, 0.3) is 0 Å². The third kappa shape index (κ3) is 12.3. The van der Waals surface area contributed by atoms with E-state index >= 15 is 0 Å². The largest absolute Gasteiger partial charge is 0.490 e. The molecule has 1 amide bonds. The van der Waals surface area contributed by atoms with Gasteiger partial charge in [-0.15, -0.1) is 0 Å². The molecule has 0 saturated heterocycles. The summed E-state index contributed by atoms with van der Waals surface area (Å²) in [5, 5.41) is 11.8. The minimum Gasteiger partial charge on any atom is -0.490 e. The molecule has 2 aromatic carbocycles. The number of hydrogen-bond acceptors (Lipinski definition) is 4. The topological polar surface area (TPSA) is 67.8 Å². The second kappa shape index (κ2) is 17.2. The molecule has 0 aliphatic carbocycles. The van der Waals surface area contributed by atoms with Crippen LogP contribution in [0.5, 0.6) is 0 Å². The van der Waals surface area contributed by atoms with Gasteiger partial charge in [-0.3, -0.25) is 4.79 Å². The number of alkyl halides is 7. The molecule has 272 valence electrons. The lowest BCUT2D eigenvalue weighted by Gasteiger charge is -2.33. The second-order valence-electron chi connectivity index (χ2n) is 11.5. The Morgan fingerprint density at radius 2 is 1.66 bits per heavy atom. The van der Waals surface area contributed by atoms with Gasteiger partial charge < -0.3 is 19.9 Å². The molecule has 0 fully saturated rings. The van der Waals surface area contributed by atoms with E-state index < -0.39 is 75.5 Å². The van der Waals surface area contributed by atoms with Crippen LogP contribution in [0.1, 0.15) is 35.3 Å². The van der Waals surface area contributed by atoms with Crippen molar-refractivity contribution in [3.05, 3.63) is 144 Å². The lowest BCUT2D eigenvalue weighted by molar-refractivity contribution is -0.274. The Morgan fingerprint density at radius 1 is 1.02 bits per heavy atom. The van der Waals surface area contributed by atoms with E-state index in [4.69, 9.17) is 4.74 Å². The van der Waals surface area contributed by atoms with Gasteiger partial charge in [-0.05, 0) is 41.5 Å². The van der Waals surface area contributed by atoms with Gasteiger partial charge in [0.05, 0.1) is 30.6 Å². The predicted molar refractivity (Wildman–Crippen MR) is 166 cm³/mol. The molecule has 50 heavy (non-hydrogen) atoms. The van der Waals surface area contributed by atoms with Gasteiger partial charge in [0.1, 0.15) is 17.4 Å². The van der Waals surface area contributed by atoms with Gasteiger partial charge in [-0.25, -0.2) is 13.2 Å². The molecule has 0 unspecified atom stereocenters. The highest BCUT2D eigenvalue weighted by Crippen LogP contribution is 2.33. The van der Waals surface area contributed by atoms with Crippen LogP contribution in [0.2, 0.25) is 0 Å². The molecule has 2 N–H and O–H groups in total.